The lowest BCUT2D eigenvalue weighted by Crippen LogP contribution is -2.28. The predicted octanol–water partition coefficient (Wildman–Crippen LogP) is 2.36. The fraction of sp³-hybridized carbons (Fsp3) is 0.278. The number of hydrogen-bond donors (Lipinski definition) is 0. The van der Waals surface area contributed by atoms with Crippen molar-refractivity contribution >= 4 is 11.0 Å². The van der Waals surface area contributed by atoms with Gasteiger partial charge < -0.3 is 0 Å². The molecule has 4 heteroatoms. The quantitative estimate of drug-likeness (QED) is 0.726. The zero-order chi connectivity index (χ0) is 15.1. The molecule has 22 heavy (non-hydrogen) atoms. The van der Waals surface area contributed by atoms with Crippen LogP contribution in [0.3, 0.4) is 0 Å². The highest BCUT2D eigenvalue weighted by atomic mass is 16.1. The van der Waals surface area contributed by atoms with Crippen LogP contribution in [0.15, 0.2) is 53.3 Å². The molecule has 0 atom stereocenters. The van der Waals surface area contributed by atoms with Gasteiger partial charge in [-0.3, -0.25) is 14.0 Å². The Morgan fingerprint density at radius 2 is 1.82 bits per heavy atom. The Hall–Kier alpha value is -2.33. The van der Waals surface area contributed by atoms with Crippen LogP contribution in [-0.2, 0) is 26.7 Å². The highest BCUT2D eigenvalue weighted by Crippen LogP contribution is 2.22. The molecule has 0 spiro atoms. The standard InChI is InChI=1S/C18H19N3O/c1-19-16-9-5-8-15-13-20(12-14-6-3-2-4-7-14)10-11-21(17(15)16)18(19)22/h2-9H,10-13H2,1H3. The number of aryl methyl sites for hydroxylation is 1. The Morgan fingerprint density at radius 1 is 1.00 bits per heavy atom. The molecule has 0 bridgehead atoms. The van der Waals surface area contributed by atoms with E-state index < -0.39 is 0 Å². The number of para-hydroxylation sites is 1. The van der Waals surface area contributed by atoms with Gasteiger partial charge in [-0.1, -0.05) is 42.5 Å². The minimum absolute atomic E-state index is 0.0870. The first-order chi connectivity index (χ1) is 10.7. The third-order valence-electron chi connectivity index (χ3n) is 4.53. The molecule has 0 unspecified atom stereocenters. The molecule has 0 saturated carbocycles. The number of rotatable bonds is 2. The van der Waals surface area contributed by atoms with Gasteiger partial charge >= 0.3 is 5.69 Å². The fourth-order valence-electron chi connectivity index (χ4n) is 3.41. The Bertz CT molecular complexity index is 876. The van der Waals surface area contributed by atoms with Gasteiger partial charge in [0.15, 0.2) is 0 Å². The van der Waals surface area contributed by atoms with Gasteiger partial charge in [0.05, 0.1) is 11.0 Å². The van der Waals surface area contributed by atoms with Crippen molar-refractivity contribution in [3.05, 3.63) is 70.1 Å². The molecular weight excluding hydrogens is 274 g/mol. The first kappa shape index (κ1) is 13.3. The highest BCUT2D eigenvalue weighted by molar-refractivity contribution is 5.80. The summed E-state index contributed by atoms with van der Waals surface area (Å²) in [5.41, 5.74) is 4.77. The maximum atomic E-state index is 12.4. The molecule has 0 N–H and O–H groups in total. The second kappa shape index (κ2) is 5.14. The van der Waals surface area contributed by atoms with E-state index in [1.54, 1.807) is 4.57 Å². The van der Waals surface area contributed by atoms with Crippen molar-refractivity contribution in [2.75, 3.05) is 6.54 Å². The Labute approximate surface area is 129 Å². The average molecular weight is 293 g/mol. The van der Waals surface area contributed by atoms with Crippen molar-refractivity contribution in [3.63, 3.8) is 0 Å². The van der Waals surface area contributed by atoms with Crippen molar-refractivity contribution in [3.8, 4) is 0 Å². The van der Waals surface area contributed by atoms with E-state index in [1.807, 2.05) is 29.8 Å². The van der Waals surface area contributed by atoms with Crippen molar-refractivity contribution in [2.24, 2.45) is 7.05 Å². The molecule has 2 aromatic carbocycles. The van der Waals surface area contributed by atoms with Crippen LogP contribution in [-0.4, -0.2) is 20.6 Å². The molecule has 4 rings (SSSR count). The number of nitrogens with zero attached hydrogens (tertiary/aromatic N) is 3. The summed E-state index contributed by atoms with van der Waals surface area (Å²) in [6, 6.07) is 16.7. The van der Waals surface area contributed by atoms with Gasteiger partial charge in [0.1, 0.15) is 0 Å². The zero-order valence-corrected chi connectivity index (χ0v) is 12.7. The van der Waals surface area contributed by atoms with Gasteiger partial charge in [-0.15, -0.1) is 0 Å². The third-order valence-corrected chi connectivity index (χ3v) is 4.53. The van der Waals surface area contributed by atoms with Crippen molar-refractivity contribution in [2.45, 2.75) is 19.6 Å². The van der Waals surface area contributed by atoms with E-state index in [2.05, 4.69) is 35.2 Å². The summed E-state index contributed by atoms with van der Waals surface area (Å²) in [5, 5.41) is 0. The van der Waals surface area contributed by atoms with E-state index in [4.69, 9.17) is 0 Å². The second-order valence-electron chi connectivity index (χ2n) is 5.97. The number of benzene rings is 2. The van der Waals surface area contributed by atoms with Gasteiger partial charge in [-0.25, -0.2) is 4.79 Å². The Morgan fingerprint density at radius 3 is 2.64 bits per heavy atom. The van der Waals surface area contributed by atoms with Crippen LogP contribution in [0, 0.1) is 0 Å². The van der Waals surface area contributed by atoms with Crippen LogP contribution < -0.4 is 5.69 Å². The topological polar surface area (TPSA) is 30.2 Å². The normalized spacial score (nSPS) is 15.1. The number of hydrogen-bond acceptors (Lipinski definition) is 2. The molecule has 0 radical (unpaired) electrons. The van der Waals surface area contributed by atoms with E-state index in [9.17, 15) is 4.79 Å². The molecule has 0 saturated heterocycles. The third kappa shape index (κ3) is 2.07. The van der Waals surface area contributed by atoms with E-state index in [0.29, 0.717) is 0 Å². The fourth-order valence-corrected chi connectivity index (χ4v) is 3.41. The van der Waals surface area contributed by atoms with Crippen molar-refractivity contribution in [1.82, 2.24) is 14.0 Å². The second-order valence-corrected chi connectivity index (χ2v) is 5.97. The molecule has 3 aromatic rings. The number of imidazole rings is 1. The smallest absolute Gasteiger partial charge is 0.295 e. The maximum absolute atomic E-state index is 12.4. The van der Waals surface area contributed by atoms with Gasteiger partial charge in [-0.05, 0) is 17.2 Å². The summed E-state index contributed by atoms with van der Waals surface area (Å²) >= 11 is 0. The minimum Gasteiger partial charge on any atom is -0.295 e. The van der Waals surface area contributed by atoms with Crippen LogP contribution in [0.1, 0.15) is 11.1 Å². The molecule has 1 aliphatic rings. The largest absolute Gasteiger partial charge is 0.328 e. The lowest BCUT2D eigenvalue weighted by atomic mass is 10.1. The van der Waals surface area contributed by atoms with E-state index in [-0.39, 0.29) is 5.69 Å². The summed E-state index contributed by atoms with van der Waals surface area (Å²) in [7, 11) is 1.86. The van der Waals surface area contributed by atoms with E-state index >= 15 is 0 Å². The van der Waals surface area contributed by atoms with Gasteiger partial charge in [-0.2, -0.15) is 0 Å². The van der Waals surface area contributed by atoms with Crippen LogP contribution in [0.25, 0.3) is 11.0 Å². The van der Waals surface area contributed by atoms with Gasteiger partial charge in [0.25, 0.3) is 0 Å². The average Bonchev–Trinajstić information content (AvgIpc) is 2.70. The first-order valence-electron chi connectivity index (χ1n) is 7.67. The molecule has 0 fully saturated rings. The van der Waals surface area contributed by atoms with Crippen LogP contribution >= 0.6 is 0 Å². The van der Waals surface area contributed by atoms with Crippen LogP contribution in [0.5, 0.6) is 0 Å². The van der Waals surface area contributed by atoms with Crippen molar-refractivity contribution in [1.29, 1.82) is 0 Å². The summed E-state index contributed by atoms with van der Waals surface area (Å²) in [6.07, 6.45) is 0. The van der Waals surface area contributed by atoms with Crippen LogP contribution in [0.4, 0.5) is 0 Å². The molecule has 0 amide bonds. The maximum Gasteiger partial charge on any atom is 0.328 e. The summed E-state index contributed by atoms with van der Waals surface area (Å²) in [5.74, 6) is 0. The molecule has 112 valence electrons. The molecular formula is C18H19N3O. The zero-order valence-electron chi connectivity index (χ0n) is 12.7. The summed E-state index contributed by atoms with van der Waals surface area (Å²) in [4.78, 5) is 14.8. The van der Waals surface area contributed by atoms with E-state index in [1.165, 1.54) is 11.1 Å². The summed E-state index contributed by atoms with van der Waals surface area (Å²) < 4.78 is 3.68. The highest BCUT2D eigenvalue weighted by Gasteiger charge is 2.20. The first-order valence-corrected chi connectivity index (χ1v) is 7.67. The molecule has 1 aromatic heterocycles. The Balaban J connectivity index is 1.73. The monoisotopic (exact) mass is 293 g/mol. The summed E-state index contributed by atoms with van der Waals surface area (Å²) in [6.45, 7) is 3.45. The Kier molecular flexibility index (Phi) is 3.12. The van der Waals surface area contributed by atoms with Gasteiger partial charge in [0.2, 0.25) is 0 Å². The van der Waals surface area contributed by atoms with E-state index in [0.717, 1.165) is 37.2 Å². The SMILES string of the molecule is Cn1c(=O)n2c3c(cccc31)CN(Cc1ccccc1)CC2. The molecule has 4 nitrogen and oxygen atoms in total. The van der Waals surface area contributed by atoms with Gasteiger partial charge in [0, 0.05) is 33.2 Å². The lowest BCUT2D eigenvalue weighted by molar-refractivity contribution is 0.253. The minimum atomic E-state index is 0.0870. The predicted molar refractivity (Wildman–Crippen MR) is 87.7 cm³/mol. The molecule has 1 aliphatic heterocycles. The van der Waals surface area contributed by atoms with Crippen molar-refractivity contribution < 1.29 is 0 Å². The van der Waals surface area contributed by atoms with Crippen LogP contribution in [0.2, 0.25) is 0 Å². The molecule has 0 aliphatic carbocycles. The molecule has 2 heterocycles. The lowest BCUT2D eigenvalue weighted by Gasteiger charge is -2.20. The number of aromatic nitrogens is 2.